The molecule has 0 spiro atoms. The van der Waals surface area contributed by atoms with Crippen LogP contribution in [0.1, 0.15) is 40.0 Å². The van der Waals surface area contributed by atoms with Gasteiger partial charge in [0.1, 0.15) is 6.61 Å². The lowest BCUT2D eigenvalue weighted by molar-refractivity contribution is 0.312. The summed E-state index contributed by atoms with van der Waals surface area (Å²) in [5.41, 5.74) is 0. The smallest absolute Gasteiger partial charge is 0.157 e. The quantitative estimate of drug-likeness (QED) is 0.652. The SMILES string of the molecule is CCCn1cc(OCCNCCCC(C)C)cn1. The van der Waals surface area contributed by atoms with Gasteiger partial charge in [0.2, 0.25) is 0 Å². The first-order valence-corrected chi connectivity index (χ1v) is 7.08. The molecule has 0 radical (unpaired) electrons. The molecule has 0 aromatic carbocycles. The normalized spacial score (nSPS) is 11.1. The highest BCUT2D eigenvalue weighted by Gasteiger charge is 1.98. The molecule has 0 saturated heterocycles. The van der Waals surface area contributed by atoms with Gasteiger partial charge in [-0.05, 0) is 31.7 Å². The molecule has 1 rings (SSSR count). The maximum atomic E-state index is 5.61. The molecule has 1 N–H and O–H groups in total. The lowest BCUT2D eigenvalue weighted by atomic mass is 10.1. The van der Waals surface area contributed by atoms with E-state index in [0.717, 1.165) is 37.7 Å². The van der Waals surface area contributed by atoms with Crippen LogP contribution in [0.5, 0.6) is 5.75 Å². The number of ether oxygens (including phenoxy) is 1. The number of rotatable bonds is 10. The van der Waals surface area contributed by atoms with E-state index in [0.29, 0.717) is 6.61 Å². The zero-order valence-corrected chi connectivity index (χ0v) is 12.0. The van der Waals surface area contributed by atoms with Crippen molar-refractivity contribution in [3.05, 3.63) is 12.4 Å². The summed E-state index contributed by atoms with van der Waals surface area (Å²) in [6, 6.07) is 0. The number of aromatic nitrogens is 2. The van der Waals surface area contributed by atoms with Crippen LogP contribution in [-0.2, 0) is 6.54 Å². The zero-order chi connectivity index (χ0) is 13.2. The molecule has 4 heteroatoms. The summed E-state index contributed by atoms with van der Waals surface area (Å²) in [4.78, 5) is 0. The first kappa shape index (κ1) is 15.0. The predicted molar refractivity (Wildman–Crippen MR) is 75.0 cm³/mol. The molecule has 1 heterocycles. The molecule has 0 aliphatic carbocycles. The maximum absolute atomic E-state index is 5.61. The standard InChI is InChI=1S/C14H27N3O/c1-4-9-17-12-14(11-16-17)18-10-8-15-7-5-6-13(2)3/h11-13,15H,4-10H2,1-3H3. The molecule has 4 nitrogen and oxygen atoms in total. The summed E-state index contributed by atoms with van der Waals surface area (Å²) < 4.78 is 7.54. The van der Waals surface area contributed by atoms with Gasteiger partial charge in [-0.3, -0.25) is 4.68 Å². The molecule has 104 valence electrons. The first-order valence-electron chi connectivity index (χ1n) is 7.08. The third-order valence-electron chi connectivity index (χ3n) is 2.74. The van der Waals surface area contributed by atoms with Gasteiger partial charge in [-0.2, -0.15) is 5.10 Å². The Kier molecular flexibility index (Phi) is 7.49. The summed E-state index contributed by atoms with van der Waals surface area (Å²) in [7, 11) is 0. The van der Waals surface area contributed by atoms with Crippen LogP contribution in [0.15, 0.2) is 12.4 Å². The molecule has 0 fully saturated rings. The Hall–Kier alpha value is -1.03. The van der Waals surface area contributed by atoms with E-state index in [-0.39, 0.29) is 0 Å². The van der Waals surface area contributed by atoms with E-state index < -0.39 is 0 Å². The van der Waals surface area contributed by atoms with E-state index in [1.807, 2.05) is 10.9 Å². The second-order valence-corrected chi connectivity index (χ2v) is 5.07. The molecule has 0 aliphatic rings. The minimum atomic E-state index is 0.708. The topological polar surface area (TPSA) is 39.1 Å². The molecule has 0 bridgehead atoms. The van der Waals surface area contributed by atoms with Crippen molar-refractivity contribution in [1.82, 2.24) is 15.1 Å². The van der Waals surface area contributed by atoms with Crippen LogP contribution < -0.4 is 10.1 Å². The van der Waals surface area contributed by atoms with Crippen molar-refractivity contribution in [1.29, 1.82) is 0 Å². The Morgan fingerprint density at radius 3 is 2.94 bits per heavy atom. The van der Waals surface area contributed by atoms with Crippen LogP contribution in [0.25, 0.3) is 0 Å². The van der Waals surface area contributed by atoms with Gasteiger partial charge in [-0.25, -0.2) is 0 Å². The molecular formula is C14H27N3O. The number of hydrogen-bond acceptors (Lipinski definition) is 3. The van der Waals surface area contributed by atoms with Crippen molar-refractivity contribution in [2.75, 3.05) is 19.7 Å². The highest BCUT2D eigenvalue weighted by atomic mass is 16.5. The fourth-order valence-corrected chi connectivity index (χ4v) is 1.77. The van der Waals surface area contributed by atoms with Crippen molar-refractivity contribution in [2.45, 2.75) is 46.6 Å². The molecule has 1 aromatic rings. The third-order valence-corrected chi connectivity index (χ3v) is 2.74. The van der Waals surface area contributed by atoms with Gasteiger partial charge in [0, 0.05) is 13.1 Å². The lowest BCUT2D eigenvalue weighted by Gasteiger charge is -2.07. The summed E-state index contributed by atoms with van der Waals surface area (Å²) in [6.07, 6.45) is 7.37. The third kappa shape index (κ3) is 6.64. The molecule has 0 atom stereocenters. The number of nitrogens with zero attached hydrogens (tertiary/aromatic N) is 2. The number of aryl methyl sites for hydroxylation is 1. The second kappa shape index (κ2) is 8.97. The molecule has 18 heavy (non-hydrogen) atoms. The van der Waals surface area contributed by atoms with E-state index >= 15 is 0 Å². The van der Waals surface area contributed by atoms with Gasteiger partial charge in [-0.1, -0.05) is 20.8 Å². The van der Waals surface area contributed by atoms with Crippen LogP contribution in [0.4, 0.5) is 0 Å². The average molecular weight is 253 g/mol. The fraction of sp³-hybridized carbons (Fsp3) is 0.786. The van der Waals surface area contributed by atoms with Gasteiger partial charge in [0.05, 0.1) is 12.4 Å². The minimum Gasteiger partial charge on any atom is -0.489 e. The second-order valence-electron chi connectivity index (χ2n) is 5.07. The molecule has 0 unspecified atom stereocenters. The first-order chi connectivity index (χ1) is 8.72. The van der Waals surface area contributed by atoms with Crippen LogP contribution in [0, 0.1) is 5.92 Å². The van der Waals surface area contributed by atoms with Gasteiger partial charge in [0.15, 0.2) is 5.75 Å². The highest BCUT2D eigenvalue weighted by molar-refractivity contribution is 5.11. The molecular weight excluding hydrogens is 226 g/mol. The number of nitrogens with one attached hydrogen (secondary N) is 1. The van der Waals surface area contributed by atoms with Crippen molar-refractivity contribution in [3.63, 3.8) is 0 Å². The van der Waals surface area contributed by atoms with Crippen LogP contribution >= 0.6 is 0 Å². The van der Waals surface area contributed by atoms with Crippen molar-refractivity contribution >= 4 is 0 Å². The fourth-order valence-electron chi connectivity index (χ4n) is 1.77. The van der Waals surface area contributed by atoms with E-state index in [1.54, 1.807) is 6.20 Å². The Balaban J connectivity index is 2.00. The van der Waals surface area contributed by atoms with Crippen LogP contribution in [0.2, 0.25) is 0 Å². The van der Waals surface area contributed by atoms with Crippen molar-refractivity contribution in [2.24, 2.45) is 5.92 Å². The Labute approximate surface area is 111 Å². The van der Waals surface area contributed by atoms with E-state index in [9.17, 15) is 0 Å². The lowest BCUT2D eigenvalue weighted by Crippen LogP contribution is -2.22. The van der Waals surface area contributed by atoms with Crippen molar-refractivity contribution in [3.8, 4) is 5.75 Å². The van der Waals surface area contributed by atoms with Crippen LogP contribution in [-0.4, -0.2) is 29.5 Å². The summed E-state index contributed by atoms with van der Waals surface area (Å²) >= 11 is 0. The predicted octanol–water partition coefficient (Wildman–Crippen LogP) is 2.70. The maximum Gasteiger partial charge on any atom is 0.157 e. The summed E-state index contributed by atoms with van der Waals surface area (Å²) in [5.74, 6) is 1.67. The Morgan fingerprint density at radius 1 is 1.39 bits per heavy atom. The van der Waals surface area contributed by atoms with Gasteiger partial charge >= 0.3 is 0 Å². The molecule has 1 aromatic heterocycles. The summed E-state index contributed by atoms with van der Waals surface area (Å²) in [6.45, 7) is 10.3. The highest BCUT2D eigenvalue weighted by Crippen LogP contribution is 2.08. The van der Waals surface area contributed by atoms with Gasteiger partial charge < -0.3 is 10.1 Å². The Bertz CT molecular complexity index is 310. The molecule has 0 aliphatic heterocycles. The minimum absolute atomic E-state index is 0.708. The zero-order valence-electron chi connectivity index (χ0n) is 12.0. The largest absolute Gasteiger partial charge is 0.489 e. The number of hydrogen-bond donors (Lipinski definition) is 1. The van der Waals surface area contributed by atoms with Crippen molar-refractivity contribution < 1.29 is 4.74 Å². The van der Waals surface area contributed by atoms with E-state index in [1.165, 1.54) is 12.8 Å². The van der Waals surface area contributed by atoms with Gasteiger partial charge in [-0.15, -0.1) is 0 Å². The van der Waals surface area contributed by atoms with E-state index in [4.69, 9.17) is 4.74 Å². The Morgan fingerprint density at radius 2 is 2.22 bits per heavy atom. The van der Waals surface area contributed by atoms with E-state index in [2.05, 4.69) is 31.2 Å². The molecule has 0 saturated carbocycles. The van der Waals surface area contributed by atoms with Crippen LogP contribution in [0.3, 0.4) is 0 Å². The van der Waals surface area contributed by atoms with Gasteiger partial charge in [0.25, 0.3) is 0 Å². The summed E-state index contributed by atoms with van der Waals surface area (Å²) in [5, 5.41) is 7.62. The molecule has 0 amide bonds. The average Bonchev–Trinajstić information content (AvgIpc) is 2.76. The monoisotopic (exact) mass is 253 g/mol.